The number of hydrogen-bond acceptors (Lipinski definition) is 3. The number of ether oxygens (including phenoxy) is 2. The Hall–Kier alpha value is -0.120. The lowest BCUT2D eigenvalue weighted by Gasteiger charge is -2.42. The first-order valence-electron chi connectivity index (χ1n) is 5.76. The molecule has 2 fully saturated rings. The summed E-state index contributed by atoms with van der Waals surface area (Å²) < 4.78 is 11.4. The molecule has 0 spiro atoms. The third-order valence-corrected chi connectivity index (χ3v) is 3.51. The van der Waals surface area contributed by atoms with Gasteiger partial charge < -0.3 is 15.2 Å². The summed E-state index contributed by atoms with van der Waals surface area (Å²) in [6, 6.07) is 0. The topological polar surface area (TPSA) is 44.5 Å². The first-order chi connectivity index (χ1) is 6.85. The summed E-state index contributed by atoms with van der Waals surface area (Å²) in [6.07, 6.45) is 5.91. The average Bonchev–Trinajstić information content (AvgIpc) is 2.62. The lowest BCUT2D eigenvalue weighted by molar-refractivity contribution is -0.114. The molecule has 1 aliphatic heterocycles. The van der Waals surface area contributed by atoms with E-state index in [-0.39, 0.29) is 5.60 Å². The van der Waals surface area contributed by atoms with Crippen LogP contribution in [-0.4, -0.2) is 32.0 Å². The van der Waals surface area contributed by atoms with Gasteiger partial charge in [0.2, 0.25) is 0 Å². The van der Waals surface area contributed by atoms with Crippen LogP contribution >= 0.6 is 0 Å². The highest BCUT2D eigenvalue weighted by Gasteiger charge is 2.37. The molecule has 1 heterocycles. The zero-order valence-corrected chi connectivity index (χ0v) is 8.84. The van der Waals surface area contributed by atoms with E-state index in [1.54, 1.807) is 0 Å². The summed E-state index contributed by atoms with van der Waals surface area (Å²) in [6.45, 7) is 3.43. The second-order valence-corrected chi connectivity index (χ2v) is 4.62. The Morgan fingerprint density at radius 1 is 1.43 bits per heavy atom. The number of rotatable bonds is 5. The lowest BCUT2D eigenvalue weighted by atomic mass is 9.77. The van der Waals surface area contributed by atoms with E-state index < -0.39 is 0 Å². The summed E-state index contributed by atoms with van der Waals surface area (Å²) in [7, 11) is 0. The van der Waals surface area contributed by atoms with Gasteiger partial charge in [0.15, 0.2) is 0 Å². The Bertz CT molecular complexity index is 174. The highest BCUT2D eigenvalue weighted by molar-refractivity contribution is 4.90. The third-order valence-electron chi connectivity index (χ3n) is 3.51. The maximum absolute atomic E-state index is 6.03. The summed E-state index contributed by atoms with van der Waals surface area (Å²) in [5, 5.41) is 0. The standard InChI is InChI=1S/C11H21NO2/c12-6-5-11(3-1-4-11)14-9-10-2-7-13-8-10/h10H,1-9,12H2. The molecule has 2 rings (SSSR count). The van der Waals surface area contributed by atoms with Gasteiger partial charge in [0.1, 0.15) is 0 Å². The Balaban J connectivity index is 1.71. The molecule has 3 nitrogen and oxygen atoms in total. The molecule has 82 valence electrons. The smallest absolute Gasteiger partial charge is 0.0694 e. The molecule has 1 aliphatic carbocycles. The van der Waals surface area contributed by atoms with Gasteiger partial charge in [-0.1, -0.05) is 0 Å². The number of hydrogen-bond donors (Lipinski definition) is 1. The van der Waals surface area contributed by atoms with Gasteiger partial charge in [-0.3, -0.25) is 0 Å². The van der Waals surface area contributed by atoms with Crippen LogP contribution in [0.2, 0.25) is 0 Å². The minimum atomic E-state index is 0.150. The van der Waals surface area contributed by atoms with Crippen molar-refractivity contribution in [1.82, 2.24) is 0 Å². The predicted molar refractivity (Wildman–Crippen MR) is 55.1 cm³/mol. The molecule has 14 heavy (non-hydrogen) atoms. The molecule has 1 saturated carbocycles. The molecular weight excluding hydrogens is 178 g/mol. The van der Waals surface area contributed by atoms with E-state index in [0.29, 0.717) is 5.92 Å². The largest absolute Gasteiger partial charge is 0.381 e. The van der Waals surface area contributed by atoms with Gasteiger partial charge >= 0.3 is 0 Å². The average molecular weight is 199 g/mol. The summed E-state index contributed by atoms with van der Waals surface area (Å²) in [4.78, 5) is 0. The van der Waals surface area contributed by atoms with E-state index in [2.05, 4.69) is 0 Å². The second kappa shape index (κ2) is 4.60. The van der Waals surface area contributed by atoms with Crippen LogP contribution in [0.4, 0.5) is 0 Å². The predicted octanol–water partition coefficient (Wildman–Crippen LogP) is 1.31. The van der Waals surface area contributed by atoms with Crippen molar-refractivity contribution in [3.05, 3.63) is 0 Å². The molecule has 0 aromatic rings. The Morgan fingerprint density at radius 2 is 2.29 bits per heavy atom. The van der Waals surface area contributed by atoms with Crippen molar-refractivity contribution in [3.8, 4) is 0 Å². The molecule has 1 atom stereocenters. The normalized spacial score (nSPS) is 30.2. The zero-order valence-electron chi connectivity index (χ0n) is 8.84. The molecule has 3 heteroatoms. The maximum atomic E-state index is 6.03. The highest BCUT2D eigenvalue weighted by Crippen LogP contribution is 2.38. The summed E-state index contributed by atoms with van der Waals surface area (Å²) >= 11 is 0. The highest BCUT2D eigenvalue weighted by atomic mass is 16.5. The van der Waals surface area contributed by atoms with Crippen LogP contribution in [0.25, 0.3) is 0 Å². The summed E-state index contributed by atoms with van der Waals surface area (Å²) in [5.41, 5.74) is 5.75. The van der Waals surface area contributed by atoms with E-state index in [1.807, 2.05) is 0 Å². The van der Waals surface area contributed by atoms with Crippen LogP contribution in [-0.2, 0) is 9.47 Å². The van der Waals surface area contributed by atoms with Gasteiger partial charge in [0.25, 0.3) is 0 Å². The molecule has 0 aromatic carbocycles. The van der Waals surface area contributed by atoms with Gasteiger partial charge in [0, 0.05) is 12.5 Å². The lowest BCUT2D eigenvalue weighted by Crippen LogP contribution is -2.43. The van der Waals surface area contributed by atoms with E-state index in [4.69, 9.17) is 15.2 Å². The second-order valence-electron chi connectivity index (χ2n) is 4.62. The van der Waals surface area contributed by atoms with Crippen molar-refractivity contribution in [2.24, 2.45) is 11.7 Å². The van der Waals surface area contributed by atoms with Gasteiger partial charge in [-0.15, -0.1) is 0 Å². The fourth-order valence-electron chi connectivity index (χ4n) is 2.31. The van der Waals surface area contributed by atoms with Gasteiger partial charge in [-0.2, -0.15) is 0 Å². The van der Waals surface area contributed by atoms with E-state index >= 15 is 0 Å². The Labute approximate surface area is 85.9 Å². The molecule has 0 radical (unpaired) electrons. The minimum absolute atomic E-state index is 0.150. The van der Waals surface area contributed by atoms with Crippen LogP contribution in [0.3, 0.4) is 0 Å². The van der Waals surface area contributed by atoms with Crippen LogP contribution < -0.4 is 5.73 Å². The molecule has 0 aromatic heterocycles. The van der Waals surface area contributed by atoms with Gasteiger partial charge in [-0.25, -0.2) is 0 Å². The zero-order chi connectivity index (χ0) is 9.86. The Morgan fingerprint density at radius 3 is 2.79 bits per heavy atom. The third kappa shape index (κ3) is 2.27. The first-order valence-corrected chi connectivity index (χ1v) is 5.76. The fourth-order valence-corrected chi connectivity index (χ4v) is 2.31. The van der Waals surface area contributed by atoms with E-state index in [0.717, 1.165) is 32.8 Å². The van der Waals surface area contributed by atoms with E-state index in [1.165, 1.54) is 25.7 Å². The van der Waals surface area contributed by atoms with Crippen LogP contribution in [0.15, 0.2) is 0 Å². The molecule has 1 saturated heterocycles. The molecule has 0 amide bonds. The fraction of sp³-hybridized carbons (Fsp3) is 1.00. The quantitative estimate of drug-likeness (QED) is 0.726. The SMILES string of the molecule is NCCC1(OCC2CCOC2)CCC1. The van der Waals surface area contributed by atoms with Gasteiger partial charge in [0.05, 0.1) is 18.8 Å². The van der Waals surface area contributed by atoms with E-state index in [9.17, 15) is 0 Å². The van der Waals surface area contributed by atoms with Crippen molar-refractivity contribution in [2.75, 3.05) is 26.4 Å². The van der Waals surface area contributed by atoms with Crippen molar-refractivity contribution in [3.63, 3.8) is 0 Å². The summed E-state index contributed by atoms with van der Waals surface area (Å²) in [5.74, 6) is 0.630. The molecule has 1 unspecified atom stereocenters. The molecule has 2 aliphatic rings. The maximum Gasteiger partial charge on any atom is 0.0694 e. The van der Waals surface area contributed by atoms with Crippen molar-refractivity contribution >= 4 is 0 Å². The molecule has 2 N–H and O–H groups in total. The van der Waals surface area contributed by atoms with Crippen molar-refractivity contribution in [1.29, 1.82) is 0 Å². The van der Waals surface area contributed by atoms with Crippen LogP contribution in [0.1, 0.15) is 32.1 Å². The monoisotopic (exact) mass is 199 g/mol. The number of nitrogens with two attached hydrogens (primary N) is 1. The van der Waals surface area contributed by atoms with Gasteiger partial charge in [-0.05, 0) is 38.6 Å². The van der Waals surface area contributed by atoms with Crippen molar-refractivity contribution in [2.45, 2.75) is 37.7 Å². The minimum Gasteiger partial charge on any atom is -0.381 e. The molecule has 0 bridgehead atoms. The molecular formula is C11H21NO2. The van der Waals surface area contributed by atoms with Crippen LogP contribution in [0.5, 0.6) is 0 Å². The van der Waals surface area contributed by atoms with Crippen LogP contribution in [0, 0.1) is 5.92 Å². The van der Waals surface area contributed by atoms with Crippen molar-refractivity contribution < 1.29 is 9.47 Å². The Kier molecular flexibility index (Phi) is 3.42. The first kappa shape index (κ1) is 10.4.